The van der Waals surface area contributed by atoms with Gasteiger partial charge in [0.15, 0.2) is 0 Å². The summed E-state index contributed by atoms with van der Waals surface area (Å²) in [6.07, 6.45) is 8.28. The number of aryl methyl sites for hydroxylation is 1. The van der Waals surface area contributed by atoms with E-state index in [0.717, 1.165) is 36.2 Å². The van der Waals surface area contributed by atoms with Crippen molar-refractivity contribution in [2.24, 2.45) is 5.73 Å². The summed E-state index contributed by atoms with van der Waals surface area (Å²) < 4.78 is 1.66. The van der Waals surface area contributed by atoms with Gasteiger partial charge >= 0.3 is 0 Å². The van der Waals surface area contributed by atoms with Crippen molar-refractivity contribution in [1.29, 1.82) is 5.41 Å². The standard InChI is InChI=1S/C10H12N4/c1-2-6-14-9(10(11)12)7-4-3-5-8(7)13-14/h1H,3-6H2,(H3,11,12). The number of aromatic nitrogens is 2. The fourth-order valence-electron chi connectivity index (χ4n) is 1.95. The van der Waals surface area contributed by atoms with Crippen LogP contribution in [0.3, 0.4) is 0 Å². The highest BCUT2D eigenvalue weighted by Gasteiger charge is 2.22. The van der Waals surface area contributed by atoms with Crippen molar-refractivity contribution in [3.63, 3.8) is 0 Å². The minimum atomic E-state index is 0.0656. The molecule has 1 aliphatic carbocycles. The van der Waals surface area contributed by atoms with E-state index >= 15 is 0 Å². The Hall–Kier alpha value is -1.76. The first-order chi connectivity index (χ1) is 6.74. The van der Waals surface area contributed by atoms with Crippen molar-refractivity contribution >= 4 is 5.84 Å². The largest absolute Gasteiger partial charge is 0.382 e. The first-order valence-corrected chi connectivity index (χ1v) is 4.60. The minimum absolute atomic E-state index is 0.0656. The van der Waals surface area contributed by atoms with Crippen LogP contribution in [-0.4, -0.2) is 15.6 Å². The highest BCUT2D eigenvalue weighted by atomic mass is 15.3. The van der Waals surface area contributed by atoms with Gasteiger partial charge in [0.05, 0.1) is 5.69 Å². The van der Waals surface area contributed by atoms with Gasteiger partial charge < -0.3 is 5.73 Å². The summed E-state index contributed by atoms with van der Waals surface area (Å²) in [6, 6.07) is 0. The fourth-order valence-corrected chi connectivity index (χ4v) is 1.95. The Morgan fingerprint density at radius 3 is 3.07 bits per heavy atom. The lowest BCUT2D eigenvalue weighted by molar-refractivity contribution is 0.680. The summed E-state index contributed by atoms with van der Waals surface area (Å²) in [5, 5.41) is 11.8. The maximum Gasteiger partial charge on any atom is 0.141 e. The predicted octanol–water partition coefficient (Wildman–Crippen LogP) is 0.289. The second-order valence-electron chi connectivity index (χ2n) is 3.40. The summed E-state index contributed by atoms with van der Waals surface area (Å²) in [7, 11) is 0. The number of fused-ring (bicyclic) bond motifs is 1. The van der Waals surface area contributed by atoms with Crippen molar-refractivity contribution in [3.05, 3.63) is 17.0 Å². The lowest BCUT2D eigenvalue weighted by atomic mass is 10.2. The lowest BCUT2D eigenvalue weighted by Crippen LogP contribution is -2.19. The molecule has 0 radical (unpaired) electrons. The third-order valence-electron chi connectivity index (χ3n) is 2.47. The van der Waals surface area contributed by atoms with E-state index in [1.165, 1.54) is 0 Å². The maximum atomic E-state index is 7.49. The molecule has 0 aromatic carbocycles. The molecule has 0 saturated carbocycles. The molecule has 2 rings (SSSR count). The number of rotatable bonds is 2. The molecule has 1 aromatic heterocycles. The Balaban J connectivity index is 2.52. The smallest absolute Gasteiger partial charge is 0.141 e. The SMILES string of the molecule is C#CCn1nc2c(c1C(=N)N)CCC2. The van der Waals surface area contributed by atoms with Gasteiger partial charge in [0.25, 0.3) is 0 Å². The van der Waals surface area contributed by atoms with Gasteiger partial charge in [-0.15, -0.1) is 6.42 Å². The van der Waals surface area contributed by atoms with Crippen LogP contribution in [0.4, 0.5) is 0 Å². The molecule has 3 N–H and O–H groups in total. The Morgan fingerprint density at radius 2 is 2.43 bits per heavy atom. The molecule has 0 unspecified atom stereocenters. The number of hydrogen-bond acceptors (Lipinski definition) is 2. The van der Waals surface area contributed by atoms with Gasteiger partial charge in [-0.2, -0.15) is 5.10 Å². The lowest BCUT2D eigenvalue weighted by Gasteiger charge is -2.03. The summed E-state index contributed by atoms with van der Waals surface area (Å²) >= 11 is 0. The predicted molar refractivity (Wildman–Crippen MR) is 54.1 cm³/mol. The molecule has 0 bridgehead atoms. The highest BCUT2D eigenvalue weighted by Crippen LogP contribution is 2.24. The molecule has 0 saturated heterocycles. The zero-order valence-electron chi connectivity index (χ0n) is 7.88. The second-order valence-corrected chi connectivity index (χ2v) is 3.40. The molecule has 0 fully saturated rings. The molecule has 4 nitrogen and oxygen atoms in total. The van der Waals surface area contributed by atoms with E-state index in [1.807, 2.05) is 0 Å². The van der Waals surface area contributed by atoms with Crippen LogP contribution in [0.1, 0.15) is 23.4 Å². The van der Waals surface area contributed by atoms with Crippen molar-refractivity contribution in [2.75, 3.05) is 0 Å². The van der Waals surface area contributed by atoms with Gasteiger partial charge in [-0.3, -0.25) is 5.41 Å². The van der Waals surface area contributed by atoms with Crippen LogP contribution in [0.15, 0.2) is 0 Å². The fraction of sp³-hybridized carbons (Fsp3) is 0.400. The van der Waals surface area contributed by atoms with Crippen LogP contribution in [0.25, 0.3) is 0 Å². The van der Waals surface area contributed by atoms with Gasteiger partial charge in [-0.05, 0) is 19.3 Å². The van der Waals surface area contributed by atoms with E-state index in [2.05, 4.69) is 11.0 Å². The molecule has 0 atom stereocenters. The van der Waals surface area contributed by atoms with E-state index in [9.17, 15) is 0 Å². The van der Waals surface area contributed by atoms with Gasteiger partial charge in [0.1, 0.15) is 18.1 Å². The summed E-state index contributed by atoms with van der Waals surface area (Å²) in [4.78, 5) is 0. The Bertz CT molecular complexity index is 422. The number of nitrogens with one attached hydrogen (secondary N) is 1. The number of nitrogen functional groups attached to an aromatic ring is 1. The van der Waals surface area contributed by atoms with Crippen molar-refractivity contribution in [3.8, 4) is 12.3 Å². The molecule has 1 heterocycles. The molecule has 1 aromatic rings. The molecule has 0 spiro atoms. The second kappa shape index (κ2) is 3.18. The molecule has 0 aliphatic heterocycles. The number of hydrogen-bond donors (Lipinski definition) is 2. The van der Waals surface area contributed by atoms with Gasteiger partial charge in [-0.25, -0.2) is 4.68 Å². The molecule has 4 heteroatoms. The molecule has 72 valence electrons. The van der Waals surface area contributed by atoms with Gasteiger partial charge in [-0.1, -0.05) is 5.92 Å². The van der Waals surface area contributed by atoms with E-state index < -0.39 is 0 Å². The quantitative estimate of drug-likeness (QED) is 0.398. The van der Waals surface area contributed by atoms with E-state index in [1.54, 1.807) is 4.68 Å². The maximum absolute atomic E-state index is 7.49. The topological polar surface area (TPSA) is 67.7 Å². The van der Waals surface area contributed by atoms with Crippen LogP contribution in [0, 0.1) is 17.8 Å². The zero-order valence-corrected chi connectivity index (χ0v) is 7.88. The summed E-state index contributed by atoms with van der Waals surface area (Å²) in [6.45, 7) is 0.391. The number of nitrogens with zero attached hydrogens (tertiary/aromatic N) is 2. The third-order valence-corrected chi connectivity index (χ3v) is 2.47. The average Bonchev–Trinajstić information content (AvgIpc) is 2.62. The monoisotopic (exact) mass is 188 g/mol. The Kier molecular flexibility index (Phi) is 2.01. The third kappa shape index (κ3) is 1.18. The van der Waals surface area contributed by atoms with Crippen LogP contribution in [0.5, 0.6) is 0 Å². The van der Waals surface area contributed by atoms with Crippen molar-refractivity contribution in [1.82, 2.24) is 9.78 Å². The number of amidine groups is 1. The van der Waals surface area contributed by atoms with Crippen LogP contribution < -0.4 is 5.73 Å². The Labute approximate surface area is 82.6 Å². The van der Waals surface area contributed by atoms with Gasteiger partial charge in [0.2, 0.25) is 0 Å². The zero-order chi connectivity index (χ0) is 10.1. The van der Waals surface area contributed by atoms with Crippen molar-refractivity contribution in [2.45, 2.75) is 25.8 Å². The molecular weight excluding hydrogens is 176 g/mol. The normalized spacial score (nSPS) is 13.6. The van der Waals surface area contributed by atoms with Crippen LogP contribution in [0.2, 0.25) is 0 Å². The highest BCUT2D eigenvalue weighted by molar-refractivity contribution is 5.95. The molecule has 0 amide bonds. The minimum Gasteiger partial charge on any atom is -0.382 e. The number of terminal acetylenes is 1. The van der Waals surface area contributed by atoms with E-state index in [4.69, 9.17) is 17.6 Å². The van der Waals surface area contributed by atoms with E-state index in [0.29, 0.717) is 6.54 Å². The first-order valence-electron chi connectivity index (χ1n) is 4.60. The number of nitrogens with two attached hydrogens (primary N) is 1. The van der Waals surface area contributed by atoms with Gasteiger partial charge in [0, 0.05) is 5.56 Å². The van der Waals surface area contributed by atoms with Crippen LogP contribution in [-0.2, 0) is 19.4 Å². The van der Waals surface area contributed by atoms with E-state index in [-0.39, 0.29) is 5.84 Å². The summed E-state index contributed by atoms with van der Waals surface area (Å²) in [5.41, 5.74) is 8.41. The first kappa shape index (κ1) is 8.82. The Morgan fingerprint density at radius 1 is 1.64 bits per heavy atom. The summed E-state index contributed by atoms with van der Waals surface area (Å²) in [5.74, 6) is 2.58. The van der Waals surface area contributed by atoms with Crippen molar-refractivity contribution < 1.29 is 0 Å². The molecular formula is C10H12N4. The van der Waals surface area contributed by atoms with Crippen LogP contribution >= 0.6 is 0 Å². The molecule has 14 heavy (non-hydrogen) atoms. The average molecular weight is 188 g/mol. The molecule has 1 aliphatic rings.